The largest absolute Gasteiger partial charge is 0.492 e. The van der Waals surface area contributed by atoms with E-state index in [0.29, 0.717) is 54.3 Å². The van der Waals surface area contributed by atoms with E-state index in [-0.39, 0.29) is 36.3 Å². The van der Waals surface area contributed by atoms with Crippen molar-refractivity contribution < 1.29 is 44.7 Å². The smallest absolute Gasteiger partial charge is 0.255 e. The van der Waals surface area contributed by atoms with Crippen LogP contribution in [0.15, 0.2) is 6.07 Å². The van der Waals surface area contributed by atoms with Crippen molar-refractivity contribution in [3.8, 4) is 5.75 Å². The van der Waals surface area contributed by atoms with E-state index >= 15 is 0 Å². The van der Waals surface area contributed by atoms with E-state index < -0.39 is 31.0 Å². The number of nitrogens with zero attached hydrogens (tertiary/aromatic N) is 2. The Bertz CT molecular complexity index is 1370. The normalized spacial score (nSPS) is 20.2. The summed E-state index contributed by atoms with van der Waals surface area (Å²) in [6, 6.07) is 1.90. The molecule has 0 saturated carbocycles. The zero-order chi connectivity index (χ0) is 39.7. The zero-order valence-corrected chi connectivity index (χ0v) is 33.0. The maximum absolute atomic E-state index is 13.1. The summed E-state index contributed by atoms with van der Waals surface area (Å²) in [5.74, 6) is 0.267. The molecule has 0 radical (unpaired) electrons. The molecule has 2 fully saturated rings. The number of hydrogen-bond acceptors (Lipinski definition) is 12. The molecule has 3 aliphatic heterocycles. The predicted molar refractivity (Wildman–Crippen MR) is 210 cm³/mol. The Balaban J connectivity index is 0.971. The van der Waals surface area contributed by atoms with Gasteiger partial charge in [-0.25, -0.2) is 0 Å². The minimum Gasteiger partial charge on any atom is -0.492 e. The van der Waals surface area contributed by atoms with E-state index in [1.165, 1.54) is 0 Å². The molecular formula is C39H65ClN6O9. The highest BCUT2D eigenvalue weighted by atomic mass is 35.5. The van der Waals surface area contributed by atoms with Crippen molar-refractivity contribution in [2.24, 2.45) is 0 Å². The standard InChI is InChI=1S/C39H65ClN6O9/c40-30-22-29(38-28(35(30)41)15-21-55-38)39(54)44-26-13-19-45(20-14-26)16-8-4-6-12-34(51)43-27-10-9-18-46(24-27)17-7-3-1-2-5-11-33(50)42-23-31(48)36(52)37(53)32(49)25-47/h22,26-27,31-32,36-37,47-49,52-53H,1-21,23-25,41H2,(H,42,50)(H,43,51)(H,44,54)/t27-,31+,32-,36-,37-/m1/s1. The highest BCUT2D eigenvalue weighted by Crippen LogP contribution is 2.38. The second-order valence-electron chi connectivity index (χ2n) is 15.5. The maximum Gasteiger partial charge on any atom is 0.255 e. The summed E-state index contributed by atoms with van der Waals surface area (Å²) in [6.45, 7) is 5.24. The van der Waals surface area contributed by atoms with Gasteiger partial charge in [0.25, 0.3) is 5.91 Å². The predicted octanol–water partition coefficient (Wildman–Crippen LogP) is 1.09. The Morgan fingerprint density at radius 2 is 1.45 bits per heavy atom. The molecule has 0 unspecified atom stereocenters. The van der Waals surface area contributed by atoms with Gasteiger partial charge in [-0.05, 0) is 77.1 Å². The van der Waals surface area contributed by atoms with E-state index in [0.717, 1.165) is 115 Å². The quantitative estimate of drug-likeness (QED) is 0.0560. The molecule has 16 heteroatoms. The summed E-state index contributed by atoms with van der Waals surface area (Å²) in [5, 5.41) is 57.0. The first kappa shape index (κ1) is 44.9. The number of hydrogen-bond donors (Lipinski definition) is 9. The summed E-state index contributed by atoms with van der Waals surface area (Å²) in [7, 11) is 0. The summed E-state index contributed by atoms with van der Waals surface area (Å²) in [5.41, 5.74) is 7.85. The van der Waals surface area contributed by atoms with Crippen LogP contribution in [0.25, 0.3) is 0 Å². The van der Waals surface area contributed by atoms with Crippen LogP contribution >= 0.6 is 11.6 Å². The molecule has 3 amide bonds. The first-order valence-corrected chi connectivity index (χ1v) is 20.7. The average molecular weight is 797 g/mol. The van der Waals surface area contributed by atoms with Gasteiger partial charge in [-0.1, -0.05) is 37.3 Å². The Labute approximate surface area is 330 Å². The number of aliphatic hydroxyl groups is 5. The van der Waals surface area contributed by atoms with Gasteiger partial charge >= 0.3 is 0 Å². The molecule has 55 heavy (non-hydrogen) atoms. The number of unbranched alkanes of at least 4 members (excludes halogenated alkanes) is 6. The molecule has 0 aliphatic carbocycles. The number of fused-ring (bicyclic) bond motifs is 1. The molecular weight excluding hydrogens is 732 g/mol. The fourth-order valence-corrected chi connectivity index (χ4v) is 7.94. The van der Waals surface area contributed by atoms with Crippen LogP contribution in [0.3, 0.4) is 0 Å². The fraction of sp³-hybridized carbons (Fsp3) is 0.769. The number of likely N-dealkylation sites (tertiary alicyclic amines) is 2. The zero-order valence-electron chi connectivity index (χ0n) is 32.2. The van der Waals surface area contributed by atoms with Crippen molar-refractivity contribution in [3.63, 3.8) is 0 Å². The molecule has 1 aromatic rings. The van der Waals surface area contributed by atoms with Gasteiger partial charge in [0.1, 0.15) is 24.1 Å². The average Bonchev–Trinajstić information content (AvgIpc) is 3.68. The number of piperidine rings is 2. The third-order valence-electron chi connectivity index (χ3n) is 11.1. The van der Waals surface area contributed by atoms with Gasteiger partial charge in [0, 0.05) is 63.1 Å². The first-order valence-electron chi connectivity index (χ1n) is 20.3. The number of halogens is 1. The third-order valence-corrected chi connectivity index (χ3v) is 11.4. The van der Waals surface area contributed by atoms with Crippen molar-refractivity contribution in [3.05, 3.63) is 22.2 Å². The van der Waals surface area contributed by atoms with Crippen LogP contribution < -0.4 is 26.4 Å². The Morgan fingerprint density at radius 1 is 0.818 bits per heavy atom. The number of benzene rings is 1. The number of amides is 3. The number of carbonyl (C=O) groups excluding carboxylic acids is 3. The second kappa shape index (κ2) is 23.5. The van der Waals surface area contributed by atoms with Gasteiger partial charge < -0.3 is 61.8 Å². The minimum atomic E-state index is -1.72. The summed E-state index contributed by atoms with van der Waals surface area (Å²) >= 11 is 6.29. The number of nitrogens with two attached hydrogens (primary N) is 1. The summed E-state index contributed by atoms with van der Waals surface area (Å²) in [4.78, 5) is 42.7. The Hall–Kier alpha value is -2.76. The summed E-state index contributed by atoms with van der Waals surface area (Å²) in [6.07, 6.45) is 6.52. The minimum absolute atomic E-state index is 0.103. The summed E-state index contributed by atoms with van der Waals surface area (Å²) < 4.78 is 5.70. The lowest BCUT2D eigenvalue weighted by Crippen LogP contribution is -2.49. The van der Waals surface area contributed by atoms with E-state index in [2.05, 4.69) is 25.8 Å². The third kappa shape index (κ3) is 14.6. The van der Waals surface area contributed by atoms with Gasteiger partial charge in [0.2, 0.25) is 11.8 Å². The van der Waals surface area contributed by atoms with Crippen molar-refractivity contribution in [1.82, 2.24) is 25.8 Å². The number of anilines is 1. The first-order chi connectivity index (χ1) is 26.5. The second-order valence-corrected chi connectivity index (χ2v) is 15.9. The Morgan fingerprint density at radius 3 is 2.18 bits per heavy atom. The van der Waals surface area contributed by atoms with Gasteiger partial charge in [-0.2, -0.15) is 0 Å². The van der Waals surface area contributed by atoms with Crippen molar-refractivity contribution in [1.29, 1.82) is 0 Å². The number of nitrogen functional groups attached to an aromatic ring is 1. The number of carbonyl (C=O) groups is 3. The Kier molecular flexibility index (Phi) is 19.2. The number of rotatable bonds is 23. The molecule has 0 bridgehead atoms. The molecule has 2 saturated heterocycles. The van der Waals surface area contributed by atoms with E-state index in [1.54, 1.807) is 6.07 Å². The van der Waals surface area contributed by atoms with Crippen LogP contribution in [0.5, 0.6) is 5.75 Å². The lowest BCUT2D eigenvalue weighted by Gasteiger charge is -2.33. The number of aliphatic hydroxyl groups excluding tert-OH is 5. The molecule has 0 aromatic heterocycles. The lowest BCUT2D eigenvalue weighted by molar-refractivity contribution is -0.126. The van der Waals surface area contributed by atoms with Crippen molar-refractivity contribution in [2.75, 3.05) is 64.8 Å². The van der Waals surface area contributed by atoms with Gasteiger partial charge in [0.05, 0.1) is 35.6 Å². The molecule has 10 N–H and O–H groups in total. The van der Waals surface area contributed by atoms with Gasteiger partial charge in [-0.15, -0.1) is 0 Å². The van der Waals surface area contributed by atoms with E-state index in [1.807, 2.05) is 0 Å². The van der Waals surface area contributed by atoms with E-state index in [9.17, 15) is 34.8 Å². The molecule has 15 nitrogen and oxygen atoms in total. The monoisotopic (exact) mass is 796 g/mol. The molecule has 5 atom stereocenters. The topological polar surface area (TPSA) is 230 Å². The molecule has 0 spiro atoms. The van der Waals surface area contributed by atoms with Gasteiger partial charge in [-0.3, -0.25) is 14.4 Å². The number of ether oxygens (including phenoxy) is 1. The molecule has 3 aliphatic rings. The van der Waals surface area contributed by atoms with Crippen LogP contribution in [0.4, 0.5) is 5.69 Å². The highest BCUT2D eigenvalue weighted by Gasteiger charge is 2.31. The molecule has 3 heterocycles. The molecule has 4 rings (SSSR count). The van der Waals surface area contributed by atoms with Crippen LogP contribution in [0.2, 0.25) is 5.02 Å². The van der Waals surface area contributed by atoms with Crippen LogP contribution in [-0.4, -0.2) is 149 Å². The van der Waals surface area contributed by atoms with Crippen LogP contribution in [-0.2, 0) is 16.0 Å². The molecule has 1 aromatic carbocycles. The fourth-order valence-electron chi connectivity index (χ4n) is 7.72. The number of nitrogens with one attached hydrogen (secondary N) is 3. The van der Waals surface area contributed by atoms with Crippen LogP contribution in [0.1, 0.15) is 106 Å². The molecule has 312 valence electrons. The van der Waals surface area contributed by atoms with Gasteiger partial charge in [0.15, 0.2) is 0 Å². The SMILES string of the molecule is Nc1c(Cl)cc(C(=O)NC2CCN(CCCCCC(=O)N[C@@H]3CCCN(CCCCCCCC(=O)NC[C@H](O)[C@@H](O)[C@H](O)[C@H](O)CO)C3)CC2)c2c1CCO2. The van der Waals surface area contributed by atoms with Crippen molar-refractivity contribution >= 4 is 35.0 Å². The van der Waals surface area contributed by atoms with E-state index in [4.69, 9.17) is 27.2 Å². The highest BCUT2D eigenvalue weighted by molar-refractivity contribution is 6.33. The van der Waals surface area contributed by atoms with Crippen LogP contribution in [0, 0.1) is 0 Å². The van der Waals surface area contributed by atoms with Crippen molar-refractivity contribution in [2.45, 2.75) is 133 Å². The lowest BCUT2D eigenvalue weighted by atomic mass is 10.0. The maximum atomic E-state index is 13.1.